The highest BCUT2D eigenvalue weighted by Crippen LogP contribution is 2.44. The van der Waals surface area contributed by atoms with Crippen LogP contribution in [-0.2, 0) is 19.6 Å². The fraction of sp³-hybridized carbons (Fsp3) is 0.667. The molecule has 0 spiro atoms. The van der Waals surface area contributed by atoms with Gasteiger partial charge in [0.05, 0.1) is 18.1 Å². The molecule has 8 nitrogen and oxygen atoms in total. The average Bonchev–Trinajstić information content (AvgIpc) is 3.19. The maximum atomic E-state index is 13.8. The summed E-state index contributed by atoms with van der Waals surface area (Å²) in [5.74, 6) is 1.14. The molecule has 5 rings (SSSR count). The molecule has 0 aromatic heterocycles. The highest BCUT2D eigenvalue weighted by molar-refractivity contribution is 7.89. The van der Waals surface area contributed by atoms with Crippen molar-refractivity contribution >= 4 is 15.9 Å². The maximum Gasteiger partial charge on any atom is 0.244 e. The monoisotopic (exact) mass is 436 g/mol. The molecule has 0 N–H and O–H groups in total. The Hall–Kier alpha value is -1.84. The lowest BCUT2D eigenvalue weighted by Crippen LogP contribution is -2.52. The van der Waals surface area contributed by atoms with Crippen molar-refractivity contribution < 1.29 is 27.4 Å². The van der Waals surface area contributed by atoms with Gasteiger partial charge in [-0.3, -0.25) is 4.79 Å². The van der Waals surface area contributed by atoms with E-state index in [1.54, 1.807) is 17.0 Å². The van der Waals surface area contributed by atoms with Crippen molar-refractivity contribution in [1.29, 1.82) is 0 Å². The fourth-order valence-electron chi connectivity index (χ4n) is 5.28. The van der Waals surface area contributed by atoms with Crippen LogP contribution in [0.1, 0.15) is 32.1 Å². The van der Waals surface area contributed by atoms with E-state index in [2.05, 4.69) is 0 Å². The van der Waals surface area contributed by atoms with Crippen molar-refractivity contribution in [1.82, 2.24) is 9.21 Å². The molecule has 0 unspecified atom stereocenters. The van der Waals surface area contributed by atoms with Gasteiger partial charge < -0.3 is 19.1 Å². The number of hydrogen-bond acceptors (Lipinski definition) is 6. The Morgan fingerprint density at radius 3 is 2.50 bits per heavy atom. The molecule has 1 aromatic carbocycles. The first kappa shape index (κ1) is 20.1. The van der Waals surface area contributed by atoms with Gasteiger partial charge in [0, 0.05) is 25.2 Å². The first-order valence-corrected chi connectivity index (χ1v) is 12.3. The van der Waals surface area contributed by atoms with E-state index < -0.39 is 16.1 Å². The minimum Gasteiger partial charge on any atom is -0.486 e. The van der Waals surface area contributed by atoms with Crippen LogP contribution >= 0.6 is 0 Å². The summed E-state index contributed by atoms with van der Waals surface area (Å²) in [5.41, 5.74) is 0. The predicted octanol–water partition coefficient (Wildman–Crippen LogP) is 1.64. The molecule has 2 saturated heterocycles. The first-order chi connectivity index (χ1) is 14.6. The van der Waals surface area contributed by atoms with Gasteiger partial charge in [0.15, 0.2) is 11.5 Å². The molecule has 0 radical (unpaired) electrons. The number of carbonyl (C=O) groups is 1. The molecule has 9 heteroatoms. The first-order valence-electron chi connectivity index (χ1n) is 10.9. The van der Waals surface area contributed by atoms with Crippen molar-refractivity contribution in [3.05, 3.63) is 18.2 Å². The van der Waals surface area contributed by atoms with Crippen LogP contribution in [0.3, 0.4) is 0 Å². The topological polar surface area (TPSA) is 85.4 Å². The second kappa shape index (κ2) is 8.01. The standard InChI is InChI=1S/C21H28N2O6S/c24-21(22-7-9-27-10-8-22)18-13-15-3-1-2-4-17(15)23(18)30(25,26)16-5-6-19-20(14-16)29-12-11-28-19/h5-6,14-15,17-18H,1-4,7-13H2/t15-,17-,18+/m1/s1. The number of nitrogens with zero attached hydrogens (tertiary/aromatic N) is 2. The molecule has 0 bridgehead atoms. The summed E-state index contributed by atoms with van der Waals surface area (Å²) >= 11 is 0. The van der Waals surface area contributed by atoms with Crippen molar-refractivity contribution in [2.24, 2.45) is 5.92 Å². The Kier molecular flexibility index (Phi) is 5.37. The summed E-state index contributed by atoms with van der Waals surface area (Å²) in [5, 5.41) is 0. The molecule has 1 saturated carbocycles. The van der Waals surface area contributed by atoms with E-state index in [-0.39, 0.29) is 22.8 Å². The molecule has 3 heterocycles. The maximum absolute atomic E-state index is 13.8. The summed E-state index contributed by atoms with van der Waals surface area (Å²) in [7, 11) is -3.86. The molecule has 3 atom stereocenters. The van der Waals surface area contributed by atoms with Crippen LogP contribution in [0.4, 0.5) is 0 Å². The van der Waals surface area contributed by atoms with E-state index in [0.717, 1.165) is 25.7 Å². The number of sulfonamides is 1. The van der Waals surface area contributed by atoms with E-state index in [1.165, 1.54) is 10.4 Å². The molecule has 4 aliphatic rings. The number of carbonyl (C=O) groups excluding carboxylic acids is 1. The molecule has 30 heavy (non-hydrogen) atoms. The molecular weight excluding hydrogens is 408 g/mol. The van der Waals surface area contributed by atoms with Gasteiger partial charge in [0.1, 0.15) is 19.3 Å². The van der Waals surface area contributed by atoms with Crippen molar-refractivity contribution in [2.45, 2.75) is 49.1 Å². The third-order valence-electron chi connectivity index (χ3n) is 6.73. The third kappa shape index (κ3) is 3.46. The van der Waals surface area contributed by atoms with Gasteiger partial charge in [0.2, 0.25) is 15.9 Å². The molecular formula is C21H28N2O6S. The van der Waals surface area contributed by atoms with Gasteiger partial charge in [-0.15, -0.1) is 0 Å². The van der Waals surface area contributed by atoms with Crippen LogP contribution in [0.15, 0.2) is 23.1 Å². The molecule has 164 valence electrons. The second-order valence-corrected chi connectivity index (χ2v) is 10.3. The molecule has 3 aliphatic heterocycles. The average molecular weight is 437 g/mol. The summed E-state index contributed by atoms with van der Waals surface area (Å²) in [6.07, 6.45) is 4.47. The molecule has 1 aromatic rings. The lowest BCUT2D eigenvalue weighted by atomic mass is 9.85. The van der Waals surface area contributed by atoms with Crippen LogP contribution in [0.2, 0.25) is 0 Å². The van der Waals surface area contributed by atoms with Crippen LogP contribution in [0.25, 0.3) is 0 Å². The van der Waals surface area contributed by atoms with Crippen LogP contribution in [0.5, 0.6) is 11.5 Å². The second-order valence-electron chi connectivity index (χ2n) is 8.44. The summed E-state index contributed by atoms with van der Waals surface area (Å²) in [6, 6.07) is 3.99. The number of ether oxygens (including phenoxy) is 3. The Morgan fingerprint density at radius 1 is 0.967 bits per heavy atom. The van der Waals surface area contributed by atoms with E-state index in [4.69, 9.17) is 14.2 Å². The SMILES string of the molecule is O=C([C@@H]1C[C@H]2CCCC[C@H]2N1S(=O)(=O)c1ccc2c(c1)OCCO2)N1CCOCC1. The summed E-state index contributed by atoms with van der Waals surface area (Å²) in [4.78, 5) is 15.3. The Bertz CT molecular complexity index is 914. The number of fused-ring (bicyclic) bond motifs is 2. The Labute approximate surface area is 177 Å². The minimum absolute atomic E-state index is 0.0891. The highest BCUT2D eigenvalue weighted by Gasteiger charge is 2.52. The van der Waals surface area contributed by atoms with Crippen molar-refractivity contribution in [2.75, 3.05) is 39.5 Å². The molecule has 1 amide bonds. The summed E-state index contributed by atoms with van der Waals surface area (Å²) < 4.78 is 45.6. The van der Waals surface area contributed by atoms with Crippen LogP contribution in [-0.4, -0.2) is 75.1 Å². The van der Waals surface area contributed by atoms with E-state index in [0.29, 0.717) is 57.4 Å². The Balaban J connectivity index is 1.50. The van der Waals surface area contributed by atoms with Gasteiger partial charge >= 0.3 is 0 Å². The van der Waals surface area contributed by atoms with Gasteiger partial charge in [-0.05, 0) is 37.3 Å². The Morgan fingerprint density at radius 2 is 1.70 bits per heavy atom. The number of benzene rings is 1. The molecule has 3 fully saturated rings. The predicted molar refractivity (Wildman–Crippen MR) is 108 cm³/mol. The smallest absolute Gasteiger partial charge is 0.244 e. The van der Waals surface area contributed by atoms with E-state index >= 15 is 0 Å². The number of rotatable bonds is 3. The van der Waals surface area contributed by atoms with Crippen molar-refractivity contribution in [3.8, 4) is 11.5 Å². The van der Waals surface area contributed by atoms with Crippen LogP contribution in [0, 0.1) is 5.92 Å². The largest absolute Gasteiger partial charge is 0.486 e. The van der Waals surface area contributed by atoms with E-state index in [9.17, 15) is 13.2 Å². The number of hydrogen-bond donors (Lipinski definition) is 0. The lowest BCUT2D eigenvalue weighted by Gasteiger charge is -2.35. The highest BCUT2D eigenvalue weighted by atomic mass is 32.2. The zero-order valence-corrected chi connectivity index (χ0v) is 17.8. The zero-order valence-electron chi connectivity index (χ0n) is 17.0. The van der Waals surface area contributed by atoms with Gasteiger partial charge in [-0.2, -0.15) is 4.31 Å². The van der Waals surface area contributed by atoms with Gasteiger partial charge in [-0.25, -0.2) is 8.42 Å². The minimum atomic E-state index is -3.86. The molecule has 1 aliphatic carbocycles. The normalized spacial score (nSPS) is 29.5. The van der Waals surface area contributed by atoms with Gasteiger partial charge in [-0.1, -0.05) is 12.8 Å². The number of morpholine rings is 1. The van der Waals surface area contributed by atoms with Crippen LogP contribution < -0.4 is 9.47 Å². The van der Waals surface area contributed by atoms with E-state index in [1.807, 2.05) is 0 Å². The lowest BCUT2D eigenvalue weighted by molar-refractivity contribution is -0.139. The summed E-state index contributed by atoms with van der Waals surface area (Å²) in [6.45, 7) is 2.87. The van der Waals surface area contributed by atoms with Crippen molar-refractivity contribution in [3.63, 3.8) is 0 Å². The third-order valence-corrected chi connectivity index (χ3v) is 8.66. The fourth-order valence-corrected chi connectivity index (χ4v) is 7.16. The zero-order chi connectivity index (χ0) is 20.7. The quantitative estimate of drug-likeness (QED) is 0.716. The number of amides is 1. The van der Waals surface area contributed by atoms with Gasteiger partial charge in [0.25, 0.3) is 0 Å².